The smallest absolute Gasteiger partial charge is 0.292 e. The summed E-state index contributed by atoms with van der Waals surface area (Å²) in [6.07, 6.45) is 3.94. The van der Waals surface area contributed by atoms with Gasteiger partial charge in [0.15, 0.2) is 16.7 Å². The zero-order valence-corrected chi connectivity index (χ0v) is 15.2. The molecule has 5 rings (SSSR count). The first kappa shape index (κ1) is 17.4. The Bertz CT molecular complexity index is 1410. The Morgan fingerprint density at radius 3 is 2.46 bits per heavy atom. The average Bonchev–Trinajstić information content (AvgIpc) is 3.18. The molecule has 9 nitrogen and oxygen atoms in total. The van der Waals surface area contributed by atoms with Crippen LogP contribution in [0.4, 0.5) is 5.82 Å². The zero-order valence-electron chi connectivity index (χ0n) is 15.2. The van der Waals surface area contributed by atoms with Gasteiger partial charge in [-0.05, 0) is 32.0 Å². The highest BCUT2D eigenvalue weighted by Gasteiger charge is 2.31. The minimum atomic E-state index is -0.565. The molecule has 4 heterocycles. The summed E-state index contributed by atoms with van der Waals surface area (Å²) in [6, 6.07) is 5.43. The van der Waals surface area contributed by atoms with Gasteiger partial charge in [-0.1, -0.05) is 0 Å². The maximum absolute atomic E-state index is 12.1. The van der Waals surface area contributed by atoms with Crippen molar-refractivity contribution in [1.29, 1.82) is 0 Å². The van der Waals surface area contributed by atoms with Gasteiger partial charge in [-0.3, -0.25) is 19.7 Å². The number of hydrogen-bond acceptors (Lipinski definition) is 4. The van der Waals surface area contributed by atoms with Crippen LogP contribution < -0.4 is 15.9 Å². The highest BCUT2D eigenvalue weighted by molar-refractivity contribution is 6.12. The van der Waals surface area contributed by atoms with E-state index in [0.717, 1.165) is 33.3 Å². The lowest BCUT2D eigenvalue weighted by Crippen LogP contribution is -2.28. The van der Waals surface area contributed by atoms with Gasteiger partial charge < -0.3 is 20.3 Å². The van der Waals surface area contributed by atoms with Gasteiger partial charge in [0.25, 0.3) is 18.2 Å². The monoisotopic (exact) mass is 380 g/mol. The number of amides is 1. The molecule has 28 heavy (non-hydrogen) atoms. The van der Waals surface area contributed by atoms with Gasteiger partial charge in [-0.25, -0.2) is 0 Å². The van der Waals surface area contributed by atoms with E-state index in [1.807, 2.05) is 51.6 Å². The summed E-state index contributed by atoms with van der Waals surface area (Å²) < 4.78 is 5.92. The van der Waals surface area contributed by atoms with Crippen LogP contribution in [0.5, 0.6) is 5.75 Å². The van der Waals surface area contributed by atoms with Crippen molar-refractivity contribution in [3.63, 3.8) is 0 Å². The van der Waals surface area contributed by atoms with Crippen molar-refractivity contribution in [3.05, 3.63) is 47.4 Å². The minimum absolute atomic E-state index is 0.173. The van der Waals surface area contributed by atoms with E-state index in [2.05, 4.69) is 0 Å². The number of imidazole rings is 1. The molecule has 1 aromatic carbocycles. The molecule has 0 aliphatic rings. The summed E-state index contributed by atoms with van der Waals surface area (Å²) in [6.45, 7) is 3.55. The Hall–Kier alpha value is -4.01. The molecule has 4 aromatic heterocycles. The van der Waals surface area contributed by atoms with Crippen molar-refractivity contribution in [1.82, 2.24) is 8.80 Å². The number of carbonyl (C=O) groups is 2. The molecule has 9 heteroatoms. The summed E-state index contributed by atoms with van der Waals surface area (Å²) in [7, 11) is 0. The lowest BCUT2D eigenvalue weighted by atomic mass is 10.1. The van der Waals surface area contributed by atoms with Crippen molar-refractivity contribution in [2.75, 3.05) is 5.73 Å². The molecule has 5 aromatic rings. The first-order valence-corrected chi connectivity index (χ1v) is 8.40. The van der Waals surface area contributed by atoms with E-state index < -0.39 is 5.91 Å². The second kappa shape index (κ2) is 5.74. The molecule has 0 radical (unpaired) electrons. The summed E-state index contributed by atoms with van der Waals surface area (Å²) in [5, 5.41) is 17.8. The third-order valence-electron chi connectivity index (χ3n) is 5.12. The number of primary amides is 1. The molecule has 0 saturated heterocycles. The van der Waals surface area contributed by atoms with E-state index in [-0.39, 0.29) is 18.0 Å². The summed E-state index contributed by atoms with van der Waals surface area (Å²) in [4.78, 5) is 20.5. The van der Waals surface area contributed by atoms with Gasteiger partial charge in [0.1, 0.15) is 11.3 Å². The molecular formula is C19H18N5O4+. The second-order valence-corrected chi connectivity index (χ2v) is 6.55. The van der Waals surface area contributed by atoms with Crippen molar-refractivity contribution in [2.24, 2.45) is 5.73 Å². The Morgan fingerprint density at radius 1 is 1.18 bits per heavy atom. The number of fused-ring (bicyclic) bond motifs is 3. The van der Waals surface area contributed by atoms with Gasteiger partial charge >= 0.3 is 0 Å². The molecule has 0 spiro atoms. The van der Waals surface area contributed by atoms with Crippen LogP contribution in [0.25, 0.3) is 27.6 Å². The molecule has 0 bridgehead atoms. The van der Waals surface area contributed by atoms with E-state index in [4.69, 9.17) is 21.4 Å². The number of carboxylic acid groups (broad SMARTS) is 1. The number of aryl methyl sites for hydroxylation is 2. The van der Waals surface area contributed by atoms with Crippen LogP contribution in [0.1, 0.15) is 21.6 Å². The van der Waals surface area contributed by atoms with Gasteiger partial charge in [0, 0.05) is 29.0 Å². The standard InChI is InChI=1S/C18H15N5O2.CH2O2/c1-8-7-10-13(17(20)25)16(19)23-14-9(2)12(24)4-3-11(14)22-6-5-21(8)18(22)15(10)23;2-1-3/h3-7,19H,1-2H3,(H3,20,24,25);1H,(H,2,3)/p+1. The summed E-state index contributed by atoms with van der Waals surface area (Å²) in [5.41, 5.74) is 17.3. The van der Waals surface area contributed by atoms with E-state index in [1.54, 1.807) is 6.07 Å². The van der Waals surface area contributed by atoms with E-state index in [9.17, 15) is 9.90 Å². The third-order valence-corrected chi connectivity index (χ3v) is 5.12. The Balaban J connectivity index is 0.000000604. The molecular weight excluding hydrogens is 362 g/mol. The fraction of sp³-hybridized carbons (Fsp3) is 0.105. The molecule has 0 unspecified atom stereocenters. The average molecular weight is 380 g/mol. The lowest BCUT2D eigenvalue weighted by molar-refractivity contribution is -0.461. The number of phenolic OH excluding ortho intramolecular Hbond substituents is 1. The Labute approximate surface area is 158 Å². The van der Waals surface area contributed by atoms with Gasteiger partial charge in [-0.15, -0.1) is 0 Å². The largest absolute Gasteiger partial charge is 0.508 e. The van der Waals surface area contributed by atoms with E-state index in [0.29, 0.717) is 11.1 Å². The van der Waals surface area contributed by atoms with Crippen molar-refractivity contribution in [3.8, 4) is 5.75 Å². The zero-order chi connectivity index (χ0) is 20.3. The first-order valence-electron chi connectivity index (χ1n) is 8.40. The summed E-state index contributed by atoms with van der Waals surface area (Å²) >= 11 is 0. The van der Waals surface area contributed by atoms with Crippen LogP contribution in [0.15, 0.2) is 30.6 Å². The normalized spacial score (nSPS) is 11.4. The Morgan fingerprint density at radius 2 is 1.82 bits per heavy atom. The molecule has 0 saturated carbocycles. The number of aromatic hydroxyl groups is 1. The number of hydrogen-bond donors (Lipinski definition) is 4. The van der Waals surface area contributed by atoms with Crippen LogP contribution in [-0.2, 0) is 4.79 Å². The number of benzene rings is 1. The highest BCUT2D eigenvalue weighted by Crippen LogP contribution is 2.33. The second-order valence-electron chi connectivity index (χ2n) is 6.55. The maximum atomic E-state index is 12.1. The number of aromatic nitrogens is 3. The predicted molar refractivity (Wildman–Crippen MR) is 103 cm³/mol. The number of nitrogens with zero attached hydrogens (tertiary/aromatic N) is 3. The molecule has 1 amide bonds. The van der Waals surface area contributed by atoms with Crippen LogP contribution >= 0.6 is 0 Å². The molecule has 142 valence electrons. The molecule has 0 atom stereocenters. The summed E-state index contributed by atoms with van der Waals surface area (Å²) in [5.74, 6) is -0.103. The number of carbonyl (C=O) groups excluding carboxylic acids is 1. The predicted octanol–water partition coefficient (Wildman–Crippen LogP) is 1.23. The van der Waals surface area contributed by atoms with Crippen molar-refractivity contribution in [2.45, 2.75) is 13.8 Å². The lowest BCUT2D eigenvalue weighted by Gasteiger charge is -2.10. The van der Waals surface area contributed by atoms with Gasteiger partial charge in [-0.2, -0.15) is 4.40 Å². The van der Waals surface area contributed by atoms with Gasteiger partial charge in [0.05, 0.1) is 5.52 Å². The highest BCUT2D eigenvalue weighted by atomic mass is 16.3. The molecule has 0 fully saturated rings. The number of nitrogen functional groups attached to an aromatic ring is 1. The number of nitrogens with two attached hydrogens (primary N) is 2. The number of rotatable bonds is 1. The maximum Gasteiger partial charge on any atom is 0.292 e. The number of pyridine rings is 1. The van der Waals surface area contributed by atoms with E-state index in [1.165, 1.54) is 0 Å². The fourth-order valence-electron chi connectivity index (χ4n) is 3.99. The number of anilines is 1. The quantitative estimate of drug-likeness (QED) is 0.197. The van der Waals surface area contributed by atoms with Crippen LogP contribution in [0.3, 0.4) is 0 Å². The molecule has 0 aliphatic heterocycles. The topological polar surface area (TPSA) is 140 Å². The van der Waals surface area contributed by atoms with Crippen LogP contribution in [0.2, 0.25) is 0 Å². The molecule has 6 N–H and O–H groups in total. The Kier molecular flexibility index (Phi) is 3.57. The van der Waals surface area contributed by atoms with Crippen molar-refractivity contribution < 1.29 is 24.2 Å². The van der Waals surface area contributed by atoms with Gasteiger partial charge in [0.2, 0.25) is 0 Å². The third kappa shape index (κ3) is 1.98. The van der Waals surface area contributed by atoms with E-state index >= 15 is 0 Å². The van der Waals surface area contributed by atoms with Crippen LogP contribution in [0, 0.1) is 13.8 Å². The van der Waals surface area contributed by atoms with Crippen LogP contribution in [-0.4, -0.2) is 31.4 Å². The van der Waals surface area contributed by atoms with Crippen molar-refractivity contribution >= 4 is 45.8 Å². The minimum Gasteiger partial charge on any atom is -0.508 e. The molecule has 0 aliphatic carbocycles. The SMILES string of the molecule is Cc1c(O)ccc2c1[n+]1c(N)c(C(N)=O)c3cc(C)n4ccn2c4c31.O=CO. The number of phenols is 1. The first-order chi connectivity index (χ1) is 13.3. The fourth-order valence-corrected chi connectivity index (χ4v) is 3.99.